The van der Waals surface area contributed by atoms with Crippen molar-refractivity contribution in [2.75, 3.05) is 12.3 Å². The third-order valence-electron chi connectivity index (χ3n) is 3.24. The van der Waals surface area contributed by atoms with Crippen molar-refractivity contribution in [1.29, 1.82) is 0 Å². The molecule has 1 aromatic carbocycles. The van der Waals surface area contributed by atoms with E-state index >= 15 is 0 Å². The average Bonchev–Trinajstić information content (AvgIpc) is 2.33. The summed E-state index contributed by atoms with van der Waals surface area (Å²) < 4.78 is 5.58. The van der Waals surface area contributed by atoms with E-state index < -0.39 is 6.10 Å². The second kappa shape index (κ2) is 4.85. The number of aliphatic hydroxyl groups excluding tert-OH is 1. The van der Waals surface area contributed by atoms with Gasteiger partial charge in [0.05, 0.1) is 6.10 Å². The SMILES string of the molecule is Cc1cccc(C(O)C2CCCCO2)c1N. The number of aryl methyl sites for hydroxylation is 1. The van der Waals surface area contributed by atoms with Crippen molar-refractivity contribution < 1.29 is 9.84 Å². The quantitative estimate of drug-likeness (QED) is 0.753. The van der Waals surface area contributed by atoms with E-state index in [2.05, 4.69) is 0 Å². The molecule has 0 radical (unpaired) electrons. The summed E-state index contributed by atoms with van der Waals surface area (Å²) >= 11 is 0. The Kier molecular flexibility index (Phi) is 3.46. The Labute approximate surface area is 96.2 Å². The van der Waals surface area contributed by atoms with Crippen LogP contribution < -0.4 is 5.73 Å². The molecule has 2 unspecified atom stereocenters. The van der Waals surface area contributed by atoms with Crippen LogP contribution in [-0.4, -0.2) is 17.8 Å². The van der Waals surface area contributed by atoms with Gasteiger partial charge in [0.2, 0.25) is 0 Å². The molecule has 0 saturated carbocycles. The van der Waals surface area contributed by atoms with Crippen molar-refractivity contribution in [2.24, 2.45) is 0 Å². The van der Waals surface area contributed by atoms with Crippen molar-refractivity contribution in [3.8, 4) is 0 Å². The van der Waals surface area contributed by atoms with Crippen LogP contribution in [0, 0.1) is 6.92 Å². The molecule has 0 bridgehead atoms. The summed E-state index contributed by atoms with van der Waals surface area (Å²) in [4.78, 5) is 0. The van der Waals surface area contributed by atoms with Crippen LogP contribution in [0.15, 0.2) is 18.2 Å². The highest BCUT2D eigenvalue weighted by molar-refractivity contribution is 5.54. The number of nitrogen functional groups attached to an aromatic ring is 1. The van der Waals surface area contributed by atoms with Gasteiger partial charge in [-0.3, -0.25) is 0 Å². The molecule has 3 nitrogen and oxygen atoms in total. The maximum absolute atomic E-state index is 10.2. The maximum Gasteiger partial charge on any atom is 0.107 e. The van der Waals surface area contributed by atoms with Gasteiger partial charge in [0.25, 0.3) is 0 Å². The van der Waals surface area contributed by atoms with Crippen LogP contribution in [0.25, 0.3) is 0 Å². The number of benzene rings is 1. The molecule has 1 aliphatic rings. The van der Waals surface area contributed by atoms with Gasteiger partial charge in [-0.2, -0.15) is 0 Å². The van der Waals surface area contributed by atoms with Gasteiger partial charge in [0.1, 0.15) is 6.10 Å². The first-order valence-electron chi connectivity index (χ1n) is 5.85. The number of nitrogens with two attached hydrogens (primary N) is 1. The van der Waals surface area contributed by atoms with Gasteiger partial charge < -0.3 is 15.6 Å². The largest absolute Gasteiger partial charge is 0.398 e. The van der Waals surface area contributed by atoms with E-state index in [9.17, 15) is 5.11 Å². The lowest BCUT2D eigenvalue weighted by atomic mass is 9.95. The molecule has 1 heterocycles. The molecular formula is C13H19NO2. The first kappa shape index (κ1) is 11.4. The summed E-state index contributed by atoms with van der Waals surface area (Å²) in [6, 6.07) is 5.76. The zero-order valence-electron chi connectivity index (χ0n) is 9.65. The first-order valence-corrected chi connectivity index (χ1v) is 5.85. The smallest absolute Gasteiger partial charge is 0.107 e. The lowest BCUT2D eigenvalue weighted by Gasteiger charge is -2.28. The molecule has 2 atom stereocenters. The van der Waals surface area contributed by atoms with Gasteiger partial charge in [0, 0.05) is 17.9 Å². The molecule has 0 amide bonds. The van der Waals surface area contributed by atoms with Crippen molar-refractivity contribution >= 4 is 5.69 Å². The van der Waals surface area contributed by atoms with E-state index in [4.69, 9.17) is 10.5 Å². The van der Waals surface area contributed by atoms with Gasteiger partial charge >= 0.3 is 0 Å². The second-order valence-electron chi connectivity index (χ2n) is 4.43. The van der Waals surface area contributed by atoms with Crippen LogP contribution in [0.5, 0.6) is 0 Å². The molecule has 1 aromatic rings. The fourth-order valence-corrected chi connectivity index (χ4v) is 2.18. The van der Waals surface area contributed by atoms with Gasteiger partial charge in [-0.15, -0.1) is 0 Å². The average molecular weight is 221 g/mol. The molecule has 1 saturated heterocycles. The number of anilines is 1. The minimum Gasteiger partial charge on any atom is -0.398 e. The highest BCUT2D eigenvalue weighted by Gasteiger charge is 2.25. The highest BCUT2D eigenvalue weighted by Crippen LogP contribution is 2.30. The van der Waals surface area contributed by atoms with E-state index in [1.807, 2.05) is 25.1 Å². The van der Waals surface area contributed by atoms with Crippen LogP contribution >= 0.6 is 0 Å². The monoisotopic (exact) mass is 221 g/mol. The van der Waals surface area contributed by atoms with Crippen LogP contribution in [0.3, 0.4) is 0 Å². The van der Waals surface area contributed by atoms with E-state index in [-0.39, 0.29) is 6.10 Å². The molecule has 0 aromatic heterocycles. The Hall–Kier alpha value is -1.06. The lowest BCUT2D eigenvalue weighted by Crippen LogP contribution is -2.27. The van der Waals surface area contributed by atoms with E-state index in [0.29, 0.717) is 5.69 Å². The van der Waals surface area contributed by atoms with Gasteiger partial charge in [-0.05, 0) is 31.7 Å². The van der Waals surface area contributed by atoms with E-state index in [1.54, 1.807) is 0 Å². The summed E-state index contributed by atoms with van der Waals surface area (Å²) in [5.41, 5.74) is 8.46. The van der Waals surface area contributed by atoms with Gasteiger partial charge in [-0.1, -0.05) is 18.2 Å². The normalized spacial score (nSPS) is 23.0. The zero-order valence-corrected chi connectivity index (χ0v) is 9.65. The summed E-state index contributed by atoms with van der Waals surface area (Å²) in [7, 11) is 0. The minimum atomic E-state index is -0.597. The third-order valence-corrected chi connectivity index (χ3v) is 3.24. The van der Waals surface area contributed by atoms with Crippen LogP contribution in [-0.2, 0) is 4.74 Å². The number of para-hydroxylation sites is 1. The molecule has 0 aliphatic carbocycles. The maximum atomic E-state index is 10.2. The molecule has 1 aliphatic heterocycles. The highest BCUT2D eigenvalue weighted by atomic mass is 16.5. The van der Waals surface area contributed by atoms with Crippen molar-refractivity contribution in [3.05, 3.63) is 29.3 Å². The lowest BCUT2D eigenvalue weighted by molar-refractivity contribution is -0.0630. The van der Waals surface area contributed by atoms with Crippen LogP contribution in [0.4, 0.5) is 5.69 Å². The Bertz CT molecular complexity index is 359. The third kappa shape index (κ3) is 2.20. The zero-order chi connectivity index (χ0) is 11.5. The Balaban J connectivity index is 2.19. The topological polar surface area (TPSA) is 55.5 Å². The molecule has 3 N–H and O–H groups in total. The fraction of sp³-hybridized carbons (Fsp3) is 0.538. The summed E-state index contributed by atoms with van der Waals surface area (Å²) in [5.74, 6) is 0. The molecule has 2 rings (SSSR count). The number of hydrogen-bond acceptors (Lipinski definition) is 3. The molecule has 1 fully saturated rings. The van der Waals surface area contributed by atoms with Crippen LogP contribution in [0.1, 0.15) is 36.5 Å². The van der Waals surface area contributed by atoms with Gasteiger partial charge in [-0.25, -0.2) is 0 Å². The summed E-state index contributed by atoms with van der Waals surface area (Å²) in [6.07, 6.45) is 2.42. The molecule has 88 valence electrons. The van der Waals surface area contributed by atoms with E-state index in [0.717, 1.165) is 37.0 Å². The Morgan fingerprint density at radius 1 is 1.44 bits per heavy atom. The predicted molar refractivity (Wildman–Crippen MR) is 64.1 cm³/mol. The number of hydrogen-bond donors (Lipinski definition) is 2. The fourth-order valence-electron chi connectivity index (χ4n) is 2.18. The van der Waals surface area contributed by atoms with Crippen molar-refractivity contribution in [1.82, 2.24) is 0 Å². The van der Waals surface area contributed by atoms with Crippen molar-refractivity contribution in [2.45, 2.75) is 38.4 Å². The molecular weight excluding hydrogens is 202 g/mol. The Morgan fingerprint density at radius 3 is 2.94 bits per heavy atom. The van der Waals surface area contributed by atoms with Crippen LogP contribution in [0.2, 0.25) is 0 Å². The minimum absolute atomic E-state index is 0.0992. The standard InChI is InChI=1S/C13H19NO2/c1-9-5-4-6-10(12(9)14)13(15)11-7-2-3-8-16-11/h4-6,11,13,15H,2-3,7-8,14H2,1H3. The van der Waals surface area contributed by atoms with Gasteiger partial charge in [0.15, 0.2) is 0 Å². The first-order chi connectivity index (χ1) is 7.70. The van der Waals surface area contributed by atoms with E-state index in [1.165, 1.54) is 0 Å². The predicted octanol–water partition coefficient (Wildman–Crippen LogP) is 2.18. The molecule has 3 heteroatoms. The Morgan fingerprint density at radius 2 is 2.25 bits per heavy atom. The summed E-state index contributed by atoms with van der Waals surface area (Å²) in [6.45, 7) is 2.70. The number of ether oxygens (including phenoxy) is 1. The molecule has 0 spiro atoms. The molecule has 16 heavy (non-hydrogen) atoms. The number of aliphatic hydroxyl groups is 1. The summed E-state index contributed by atoms with van der Waals surface area (Å²) in [5, 5.41) is 10.2. The second-order valence-corrected chi connectivity index (χ2v) is 4.43. The van der Waals surface area contributed by atoms with Crippen molar-refractivity contribution in [3.63, 3.8) is 0 Å². The number of rotatable bonds is 2.